The topological polar surface area (TPSA) is 29.5 Å². The van der Waals surface area contributed by atoms with Crippen LogP contribution >= 0.6 is 11.3 Å². The molecule has 0 spiro atoms. The van der Waals surface area contributed by atoms with Gasteiger partial charge in [0.1, 0.15) is 5.75 Å². The largest absolute Gasteiger partial charge is 0.573 e. The summed E-state index contributed by atoms with van der Waals surface area (Å²) in [5, 5.41) is 2.54. The molecule has 0 bridgehead atoms. The van der Waals surface area contributed by atoms with Crippen LogP contribution in [0.4, 0.5) is 18.2 Å². The Morgan fingerprint density at radius 2 is 2.05 bits per heavy atom. The second-order valence-electron chi connectivity index (χ2n) is 3.88. The van der Waals surface area contributed by atoms with Gasteiger partial charge in [-0.1, -0.05) is 12.1 Å². The van der Waals surface area contributed by atoms with Crippen molar-refractivity contribution in [3.8, 4) is 5.75 Å². The Labute approximate surface area is 117 Å². The molecule has 2 rings (SSSR count). The van der Waals surface area contributed by atoms with Crippen LogP contribution in [0.15, 0.2) is 41.8 Å². The molecule has 106 valence electrons. The van der Waals surface area contributed by atoms with Gasteiger partial charge in [0.15, 0.2) is 0 Å². The van der Waals surface area contributed by atoms with Crippen LogP contribution in [0.3, 0.4) is 0 Å². The van der Waals surface area contributed by atoms with Crippen molar-refractivity contribution in [2.75, 3.05) is 4.90 Å². The molecule has 0 atom stereocenters. The lowest BCUT2D eigenvalue weighted by Gasteiger charge is -2.16. The molecule has 1 aromatic heterocycles. The molecule has 1 aromatic carbocycles. The molecule has 0 unspecified atom stereocenters. The van der Waals surface area contributed by atoms with Crippen molar-refractivity contribution in [3.05, 3.63) is 47.3 Å². The highest BCUT2D eigenvalue weighted by Crippen LogP contribution is 2.25. The first-order valence-electron chi connectivity index (χ1n) is 5.58. The number of anilines is 1. The van der Waals surface area contributed by atoms with Gasteiger partial charge in [0.2, 0.25) is 6.41 Å². The number of amides is 1. The Bertz CT molecular complexity index is 569. The lowest BCUT2D eigenvalue weighted by molar-refractivity contribution is -0.274. The van der Waals surface area contributed by atoms with Crippen LogP contribution in [-0.4, -0.2) is 12.8 Å². The van der Waals surface area contributed by atoms with E-state index in [1.165, 1.54) is 34.4 Å². The molecule has 0 aliphatic rings. The Hall–Kier alpha value is -2.02. The summed E-state index contributed by atoms with van der Waals surface area (Å²) in [5.41, 5.74) is 0.548. The third kappa shape index (κ3) is 3.99. The van der Waals surface area contributed by atoms with Crippen LogP contribution in [0.1, 0.15) is 5.56 Å². The first-order chi connectivity index (χ1) is 9.48. The second kappa shape index (κ2) is 5.96. The zero-order valence-electron chi connectivity index (χ0n) is 10.1. The van der Waals surface area contributed by atoms with Gasteiger partial charge < -0.3 is 9.64 Å². The molecule has 2 aromatic rings. The third-order valence-electron chi connectivity index (χ3n) is 2.40. The number of hydrogen-bond donors (Lipinski definition) is 0. The Balaban J connectivity index is 2.13. The maximum Gasteiger partial charge on any atom is 0.573 e. The fourth-order valence-corrected chi connectivity index (χ4v) is 2.33. The summed E-state index contributed by atoms with van der Waals surface area (Å²) in [6.07, 6.45) is -4.08. The number of hydrogen-bond acceptors (Lipinski definition) is 3. The van der Waals surface area contributed by atoms with Crippen molar-refractivity contribution in [2.24, 2.45) is 0 Å². The Kier molecular flexibility index (Phi) is 4.29. The van der Waals surface area contributed by atoms with Gasteiger partial charge in [-0.3, -0.25) is 4.79 Å². The highest BCUT2D eigenvalue weighted by molar-refractivity contribution is 7.14. The minimum Gasteiger partial charge on any atom is -0.406 e. The highest BCUT2D eigenvalue weighted by Gasteiger charge is 2.31. The lowest BCUT2D eigenvalue weighted by atomic mass is 10.2. The zero-order valence-corrected chi connectivity index (χ0v) is 10.9. The van der Waals surface area contributed by atoms with E-state index < -0.39 is 6.36 Å². The van der Waals surface area contributed by atoms with Crippen molar-refractivity contribution in [1.29, 1.82) is 0 Å². The van der Waals surface area contributed by atoms with E-state index in [0.29, 0.717) is 12.0 Å². The summed E-state index contributed by atoms with van der Waals surface area (Å²) in [6.45, 7) is 0.180. The molecule has 0 N–H and O–H groups in total. The van der Waals surface area contributed by atoms with E-state index in [1.807, 2.05) is 5.38 Å². The number of carbonyl (C=O) groups is 1. The Morgan fingerprint density at radius 1 is 1.25 bits per heavy atom. The number of nitrogens with zero attached hydrogens (tertiary/aromatic N) is 1. The minimum absolute atomic E-state index is 0.180. The number of thiophene rings is 1. The smallest absolute Gasteiger partial charge is 0.406 e. The molecule has 1 amide bonds. The minimum atomic E-state index is -4.73. The van der Waals surface area contributed by atoms with Gasteiger partial charge in [-0.15, -0.1) is 24.5 Å². The van der Waals surface area contributed by atoms with E-state index in [9.17, 15) is 18.0 Å². The molecular formula is C13H10F3NO2S. The van der Waals surface area contributed by atoms with Crippen LogP contribution in [0, 0.1) is 0 Å². The average Bonchev–Trinajstić information content (AvgIpc) is 2.88. The fourth-order valence-electron chi connectivity index (χ4n) is 1.64. The molecule has 20 heavy (non-hydrogen) atoms. The van der Waals surface area contributed by atoms with Crippen LogP contribution in [0.2, 0.25) is 0 Å². The normalized spacial score (nSPS) is 11.2. The molecule has 0 saturated heterocycles. The average molecular weight is 301 g/mol. The Morgan fingerprint density at radius 3 is 2.65 bits per heavy atom. The van der Waals surface area contributed by atoms with Crippen LogP contribution < -0.4 is 9.64 Å². The van der Waals surface area contributed by atoms with Gasteiger partial charge >= 0.3 is 6.36 Å². The van der Waals surface area contributed by atoms with Crippen LogP contribution in [0.5, 0.6) is 5.75 Å². The predicted octanol–water partition coefficient (Wildman–Crippen LogP) is 3.81. The maximum absolute atomic E-state index is 12.1. The summed E-state index contributed by atoms with van der Waals surface area (Å²) in [4.78, 5) is 12.5. The molecule has 0 aliphatic carbocycles. The van der Waals surface area contributed by atoms with Crippen molar-refractivity contribution < 1.29 is 22.7 Å². The quantitative estimate of drug-likeness (QED) is 0.786. The van der Waals surface area contributed by atoms with E-state index in [1.54, 1.807) is 18.2 Å². The summed E-state index contributed by atoms with van der Waals surface area (Å²) in [5.74, 6) is -0.299. The molecule has 0 saturated carbocycles. The molecule has 0 aliphatic heterocycles. The molecule has 3 nitrogen and oxygen atoms in total. The zero-order chi connectivity index (χ0) is 14.6. The van der Waals surface area contributed by atoms with Crippen molar-refractivity contribution in [2.45, 2.75) is 12.9 Å². The molecular weight excluding hydrogens is 291 g/mol. The van der Waals surface area contributed by atoms with E-state index in [0.717, 1.165) is 5.00 Å². The predicted molar refractivity (Wildman–Crippen MR) is 69.7 cm³/mol. The number of halogens is 3. The third-order valence-corrected chi connectivity index (χ3v) is 3.31. The number of carbonyl (C=O) groups excluding carboxylic acids is 1. The number of benzene rings is 1. The number of rotatable bonds is 5. The lowest BCUT2D eigenvalue weighted by Crippen LogP contribution is -2.20. The van der Waals surface area contributed by atoms with Gasteiger partial charge in [0.05, 0.1) is 11.5 Å². The van der Waals surface area contributed by atoms with Gasteiger partial charge in [-0.05, 0) is 35.2 Å². The van der Waals surface area contributed by atoms with E-state index in [-0.39, 0.29) is 12.3 Å². The van der Waals surface area contributed by atoms with Gasteiger partial charge in [-0.2, -0.15) is 0 Å². The molecule has 1 heterocycles. The molecule has 7 heteroatoms. The molecule has 0 fully saturated rings. The fraction of sp³-hybridized carbons (Fsp3) is 0.154. The van der Waals surface area contributed by atoms with Crippen molar-refractivity contribution >= 4 is 22.7 Å². The van der Waals surface area contributed by atoms with Crippen molar-refractivity contribution in [1.82, 2.24) is 0 Å². The molecule has 0 radical (unpaired) electrons. The number of alkyl halides is 3. The first-order valence-corrected chi connectivity index (χ1v) is 6.46. The summed E-state index contributed by atoms with van der Waals surface area (Å²) >= 11 is 1.37. The number of ether oxygens (including phenoxy) is 1. The maximum atomic E-state index is 12.1. The van der Waals surface area contributed by atoms with Crippen LogP contribution in [0.25, 0.3) is 0 Å². The van der Waals surface area contributed by atoms with Gasteiger partial charge in [-0.25, -0.2) is 0 Å². The summed E-state index contributed by atoms with van der Waals surface area (Å²) in [6, 6.07) is 9.11. The van der Waals surface area contributed by atoms with E-state index in [2.05, 4.69) is 4.74 Å². The SMILES string of the molecule is O=CN(Cc1cccc(OC(F)(F)F)c1)c1cccs1. The summed E-state index contributed by atoms with van der Waals surface area (Å²) in [7, 11) is 0. The van der Waals surface area contributed by atoms with E-state index >= 15 is 0 Å². The van der Waals surface area contributed by atoms with Gasteiger partial charge in [0, 0.05) is 0 Å². The standard InChI is InChI=1S/C13H10F3NO2S/c14-13(15,16)19-11-4-1-3-10(7-11)8-17(9-18)12-5-2-6-20-12/h1-7,9H,8H2. The first kappa shape index (κ1) is 14.4. The van der Waals surface area contributed by atoms with Crippen LogP contribution in [-0.2, 0) is 11.3 Å². The second-order valence-corrected chi connectivity index (χ2v) is 4.81. The van der Waals surface area contributed by atoms with E-state index in [4.69, 9.17) is 0 Å². The van der Waals surface area contributed by atoms with Gasteiger partial charge in [0.25, 0.3) is 0 Å². The highest BCUT2D eigenvalue weighted by atomic mass is 32.1. The van der Waals surface area contributed by atoms with Crippen molar-refractivity contribution in [3.63, 3.8) is 0 Å². The monoisotopic (exact) mass is 301 g/mol. The summed E-state index contributed by atoms with van der Waals surface area (Å²) < 4.78 is 40.3.